The molecule has 0 N–H and O–H groups in total. The Bertz CT molecular complexity index is 679. The predicted octanol–water partition coefficient (Wildman–Crippen LogP) is 1.44. The minimum absolute atomic E-state index is 0.0915. The highest BCUT2D eigenvalue weighted by Gasteiger charge is 2.16. The van der Waals surface area contributed by atoms with Crippen molar-refractivity contribution in [3.05, 3.63) is 35.7 Å². The van der Waals surface area contributed by atoms with Gasteiger partial charge in [0.25, 0.3) is 5.89 Å². The van der Waals surface area contributed by atoms with E-state index in [0.29, 0.717) is 11.7 Å². The van der Waals surface area contributed by atoms with Gasteiger partial charge in [-0.05, 0) is 18.6 Å². The third-order valence-corrected chi connectivity index (χ3v) is 4.04. The Morgan fingerprint density at radius 1 is 1.32 bits per heavy atom. The summed E-state index contributed by atoms with van der Waals surface area (Å²) in [4.78, 5) is 4.21. The van der Waals surface area contributed by atoms with Crippen LogP contribution in [-0.4, -0.2) is 36.2 Å². The molecule has 7 heteroatoms. The fourth-order valence-electron chi connectivity index (χ4n) is 1.56. The molecule has 0 spiro atoms. The first-order valence-corrected chi connectivity index (χ1v) is 7.52. The van der Waals surface area contributed by atoms with Crippen LogP contribution in [0.4, 0.5) is 0 Å². The molecule has 2 rings (SSSR count). The summed E-state index contributed by atoms with van der Waals surface area (Å²) in [5.74, 6) is 0.737. The molecular weight excluding hydrogens is 266 g/mol. The van der Waals surface area contributed by atoms with Crippen LogP contribution in [0.25, 0.3) is 11.5 Å². The molecule has 0 atom stereocenters. The van der Waals surface area contributed by atoms with Crippen molar-refractivity contribution >= 4 is 10.0 Å². The Morgan fingerprint density at radius 3 is 2.63 bits per heavy atom. The minimum Gasteiger partial charge on any atom is -0.334 e. The molecule has 0 bridgehead atoms. The second-order valence-electron chi connectivity index (χ2n) is 4.35. The summed E-state index contributed by atoms with van der Waals surface area (Å²) in [6.07, 6.45) is 1.13. The number of hydrogen-bond donors (Lipinski definition) is 0. The van der Waals surface area contributed by atoms with Crippen molar-refractivity contribution in [2.75, 3.05) is 13.3 Å². The predicted molar refractivity (Wildman–Crippen MR) is 70.8 cm³/mol. The number of aryl methyl sites for hydroxylation is 1. The molecule has 0 amide bonds. The van der Waals surface area contributed by atoms with Crippen LogP contribution in [0, 0.1) is 6.92 Å². The van der Waals surface area contributed by atoms with Crippen molar-refractivity contribution in [1.82, 2.24) is 14.4 Å². The lowest BCUT2D eigenvalue weighted by Crippen LogP contribution is -2.25. The molecule has 2 aromatic rings. The van der Waals surface area contributed by atoms with E-state index in [0.717, 1.165) is 17.4 Å². The van der Waals surface area contributed by atoms with Crippen molar-refractivity contribution in [2.24, 2.45) is 0 Å². The van der Waals surface area contributed by atoms with Crippen LogP contribution in [-0.2, 0) is 16.6 Å². The standard InChI is InChI=1S/C12H15N3O3S/c1-9-6-4-5-7-10(9)12-13-11(14-18-12)8-15(2)19(3,16)17/h4-7H,8H2,1-3H3. The monoisotopic (exact) mass is 281 g/mol. The molecule has 1 heterocycles. The molecule has 19 heavy (non-hydrogen) atoms. The van der Waals surface area contributed by atoms with Gasteiger partial charge in [-0.25, -0.2) is 8.42 Å². The summed E-state index contributed by atoms with van der Waals surface area (Å²) in [6, 6.07) is 7.64. The normalized spacial score (nSPS) is 12.0. The number of benzene rings is 1. The first-order chi connectivity index (χ1) is 8.88. The van der Waals surface area contributed by atoms with E-state index in [1.54, 1.807) is 0 Å². The highest BCUT2D eigenvalue weighted by atomic mass is 32.2. The maximum Gasteiger partial charge on any atom is 0.258 e. The molecule has 0 aliphatic carbocycles. The van der Waals surface area contributed by atoms with Crippen molar-refractivity contribution in [1.29, 1.82) is 0 Å². The van der Waals surface area contributed by atoms with Gasteiger partial charge in [0, 0.05) is 12.6 Å². The molecule has 0 saturated carbocycles. The zero-order valence-electron chi connectivity index (χ0n) is 11.0. The molecule has 0 fully saturated rings. The fraction of sp³-hybridized carbons (Fsp3) is 0.333. The zero-order chi connectivity index (χ0) is 14.0. The van der Waals surface area contributed by atoms with E-state index < -0.39 is 10.0 Å². The quantitative estimate of drug-likeness (QED) is 0.847. The zero-order valence-corrected chi connectivity index (χ0v) is 11.8. The molecular formula is C12H15N3O3S. The smallest absolute Gasteiger partial charge is 0.258 e. The number of hydrogen-bond acceptors (Lipinski definition) is 5. The van der Waals surface area contributed by atoms with E-state index in [4.69, 9.17) is 4.52 Å². The van der Waals surface area contributed by atoms with Gasteiger partial charge in [-0.3, -0.25) is 0 Å². The Morgan fingerprint density at radius 2 is 2.00 bits per heavy atom. The van der Waals surface area contributed by atoms with Gasteiger partial charge in [0.2, 0.25) is 10.0 Å². The summed E-state index contributed by atoms with van der Waals surface area (Å²) >= 11 is 0. The van der Waals surface area contributed by atoms with Gasteiger partial charge in [-0.15, -0.1) is 0 Å². The van der Waals surface area contributed by atoms with Gasteiger partial charge < -0.3 is 4.52 Å². The Balaban J connectivity index is 2.23. The summed E-state index contributed by atoms with van der Waals surface area (Å²) < 4.78 is 28.9. The highest BCUT2D eigenvalue weighted by molar-refractivity contribution is 7.88. The van der Waals surface area contributed by atoms with Crippen molar-refractivity contribution in [2.45, 2.75) is 13.5 Å². The lowest BCUT2D eigenvalue weighted by Gasteiger charge is -2.10. The third-order valence-electron chi connectivity index (χ3n) is 2.77. The fourth-order valence-corrected chi connectivity index (χ4v) is 1.91. The van der Waals surface area contributed by atoms with Crippen LogP contribution in [0.15, 0.2) is 28.8 Å². The van der Waals surface area contributed by atoms with Crippen molar-refractivity contribution in [3.8, 4) is 11.5 Å². The van der Waals surface area contributed by atoms with Gasteiger partial charge >= 0.3 is 0 Å². The van der Waals surface area contributed by atoms with Crippen molar-refractivity contribution < 1.29 is 12.9 Å². The maximum absolute atomic E-state index is 11.3. The molecule has 0 aliphatic heterocycles. The summed E-state index contributed by atoms with van der Waals surface area (Å²) in [7, 11) is -1.78. The van der Waals surface area contributed by atoms with Gasteiger partial charge in [0.05, 0.1) is 12.8 Å². The van der Waals surface area contributed by atoms with E-state index >= 15 is 0 Å². The van der Waals surface area contributed by atoms with Crippen molar-refractivity contribution in [3.63, 3.8) is 0 Å². The first-order valence-electron chi connectivity index (χ1n) is 5.68. The van der Waals surface area contributed by atoms with E-state index in [9.17, 15) is 8.42 Å². The molecule has 6 nitrogen and oxygen atoms in total. The minimum atomic E-state index is -3.25. The lowest BCUT2D eigenvalue weighted by atomic mass is 10.1. The first kappa shape index (κ1) is 13.7. The maximum atomic E-state index is 11.3. The van der Waals surface area contributed by atoms with Gasteiger partial charge in [-0.2, -0.15) is 9.29 Å². The Hall–Kier alpha value is -1.73. The van der Waals surface area contributed by atoms with Crippen LogP contribution in [0.2, 0.25) is 0 Å². The molecule has 0 saturated heterocycles. The molecule has 0 aliphatic rings. The van der Waals surface area contributed by atoms with E-state index in [-0.39, 0.29) is 6.54 Å². The van der Waals surface area contributed by atoms with Crippen LogP contribution in [0.3, 0.4) is 0 Å². The second-order valence-corrected chi connectivity index (χ2v) is 6.44. The largest absolute Gasteiger partial charge is 0.334 e. The van der Waals surface area contributed by atoms with E-state index in [2.05, 4.69) is 10.1 Å². The van der Waals surface area contributed by atoms with Gasteiger partial charge in [-0.1, -0.05) is 23.4 Å². The SMILES string of the molecule is Cc1ccccc1-c1nc(CN(C)S(C)(=O)=O)no1. The average molecular weight is 281 g/mol. The molecule has 0 unspecified atom stereocenters. The molecule has 0 radical (unpaired) electrons. The second kappa shape index (κ2) is 5.10. The van der Waals surface area contributed by atoms with Crippen LogP contribution >= 0.6 is 0 Å². The average Bonchev–Trinajstić information content (AvgIpc) is 2.76. The van der Waals surface area contributed by atoms with Gasteiger partial charge in [0.15, 0.2) is 5.82 Å². The van der Waals surface area contributed by atoms with Crippen LogP contribution in [0.5, 0.6) is 0 Å². The summed E-state index contributed by atoms with van der Waals surface area (Å²) in [5, 5.41) is 3.79. The number of sulfonamides is 1. The van der Waals surface area contributed by atoms with E-state index in [1.165, 1.54) is 11.4 Å². The lowest BCUT2D eigenvalue weighted by molar-refractivity contribution is 0.403. The highest BCUT2D eigenvalue weighted by Crippen LogP contribution is 2.21. The number of nitrogens with zero attached hydrogens (tertiary/aromatic N) is 3. The number of rotatable bonds is 4. The summed E-state index contributed by atoms with van der Waals surface area (Å²) in [6.45, 7) is 2.04. The van der Waals surface area contributed by atoms with E-state index in [1.807, 2.05) is 31.2 Å². The van der Waals surface area contributed by atoms with Gasteiger partial charge in [0.1, 0.15) is 0 Å². The molecule has 1 aromatic carbocycles. The number of aromatic nitrogens is 2. The van der Waals surface area contributed by atoms with Crippen LogP contribution < -0.4 is 0 Å². The summed E-state index contributed by atoms with van der Waals surface area (Å²) in [5.41, 5.74) is 1.87. The Kier molecular flexibility index (Phi) is 3.68. The topological polar surface area (TPSA) is 76.3 Å². The van der Waals surface area contributed by atoms with Crippen LogP contribution in [0.1, 0.15) is 11.4 Å². The molecule has 1 aromatic heterocycles. The molecule has 102 valence electrons. The Labute approximate surface area is 112 Å². The third kappa shape index (κ3) is 3.18.